The minimum atomic E-state index is -0.708. The molecule has 1 aliphatic heterocycles. The molecule has 1 heterocycles. The Morgan fingerprint density at radius 3 is 2.71 bits per heavy atom. The fraction of sp³-hybridized carbons (Fsp3) is 0.846. The molecule has 1 amide bonds. The molecule has 0 aromatic rings. The van der Waals surface area contributed by atoms with Crippen molar-refractivity contribution in [1.82, 2.24) is 4.90 Å². The van der Waals surface area contributed by atoms with Crippen LogP contribution in [-0.2, 0) is 9.59 Å². The number of hydrogen-bond donors (Lipinski definition) is 1. The van der Waals surface area contributed by atoms with Crippen molar-refractivity contribution in [2.24, 2.45) is 17.3 Å². The minimum absolute atomic E-state index is 0.120. The monoisotopic (exact) mass is 239 g/mol. The van der Waals surface area contributed by atoms with Crippen LogP contribution in [0.15, 0.2) is 0 Å². The Kier molecular flexibility index (Phi) is 3.15. The predicted molar refractivity (Wildman–Crippen MR) is 63.4 cm³/mol. The Labute approximate surface area is 102 Å². The van der Waals surface area contributed by atoms with Crippen LogP contribution in [0.25, 0.3) is 0 Å². The number of carbonyl (C=O) groups is 2. The fourth-order valence-corrected chi connectivity index (χ4v) is 3.31. The summed E-state index contributed by atoms with van der Waals surface area (Å²) in [7, 11) is 0. The SMILES string of the molecule is CC(C)CC(=O)N1C[C@@H]2CCC[C@@]2(C(=O)O)C1. The first-order valence-electron chi connectivity index (χ1n) is 6.47. The van der Waals surface area contributed by atoms with Gasteiger partial charge in [-0.1, -0.05) is 20.3 Å². The van der Waals surface area contributed by atoms with E-state index in [4.69, 9.17) is 0 Å². The highest BCUT2D eigenvalue weighted by atomic mass is 16.4. The van der Waals surface area contributed by atoms with Gasteiger partial charge in [0.25, 0.3) is 0 Å². The van der Waals surface area contributed by atoms with Crippen molar-refractivity contribution in [3.05, 3.63) is 0 Å². The van der Waals surface area contributed by atoms with E-state index >= 15 is 0 Å². The Bertz CT molecular complexity index is 340. The number of hydrogen-bond acceptors (Lipinski definition) is 2. The molecule has 0 aromatic heterocycles. The van der Waals surface area contributed by atoms with Crippen molar-refractivity contribution >= 4 is 11.9 Å². The van der Waals surface area contributed by atoms with Gasteiger partial charge in [0.2, 0.25) is 5.91 Å². The van der Waals surface area contributed by atoms with Gasteiger partial charge in [0.15, 0.2) is 0 Å². The van der Waals surface area contributed by atoms with E-state index < -0.39 is 11.4 Å². The molecular formula is C13H21NO3. The first-order chi connectivity index (χ1) is 7.95. The number of carbonyl (C=O) groups excluding carboxylic acids is 1. The lowest BCUT2D eigenvalue weighted by Gasteiger charge is -2.23. The molecule has 2 rings (SSSR count). The number of likely N-dealkylation sites (tertiary alicyclic amines) is 1. The van der Waals surface area contributed by atoms with Crippen molar-refractivity contribution in [1.29, 1.82) is 0 Å². The highest BCUT2D eigenvalue weighted by molar-refractivity contribution is 5.81. The smallest absolute Gasteiger partial charge is 0.311 e. The van der Waals surface area contributed by atoms with Crippen molar-refractivity contribution in [2.75, 3.05) is 13.1 Å². The van der Waals surface area contributed by atoms with Gasteiger partial charge in [-0.25, -0.2) is 0 Å². The van der Waals surface area contributed by atoms with Gasteiger partial charge in [-0.3, -0.25) is 9.59 Å². The zero-order chi connectivity index (χ0) is 12.6. The summed E-state index contributed by atoms with van der Waals surface area (Å²) < 4.78 is 0. The average Bonchev–Trinajstić information content (AvgIpc) is 2.71. The first kappa shape index (κ1) is 12.4. The van der Waals surface area contributed by atoms with Crippen LogP contribution in [-0.4, -0.2) is 35.0 Å². The van der Waals surface area contributed by atoms with Gasteiger partial charge in [0, 0.05) is 19.5 Å². The second-order valence-electron chi connectivity index (χ2n) is 5.92. The van der Waals surface area contributed by atoms with E-state index in [1.807, 2.05) is 13.8 Å². The summed E-state index contributed by atoms with van der Waals surface area (Å²) in [6, 6.07) is 0. The average molecular weight is 239 g/mol. The first-order valence-corrected chi connectivity index (χ1v) is 6.47. The van der Waals surface area contributed by atoms with Gasteiger partial charge in [-0.15, -0.1) is 0 Å². The Hall–Kier alpha value is -1.06. The summed E-state index contributed by atoms with van der Waals surface area (Å²) in [5.74, 6) is -0.0743. The van der Waals surface area contributed by atoms with E-state index in [1.165, 1.54) is 0 Å². The number of rotatable bonds is 3. The van der Waals surface area contributed by atoms with E-state index in [-0.39, 0.29) is 11.8 Å². The zero-order valence-electron chi connectivity index (χ0n) is 10.6. The lowest BCUT2D eigenvalue weighted by Crippen LogP contribution is -2.37. The summed E-state index contributed by atoms with van der Waals surface area (Å²) in [6.45, 7) is 5.11. The number of aliphatic carboxylic acids is 1. The topological polar surface area (TPSA) is 57.6 Å². The molecule has 1 saturated carbocycles. The Balaban J connectivity index is 2.08. The number of nitrogens with zero attached hydrogens (tertiary/aromatic N) is 1. The van der Waals surface area contributed by atoms with Crippen LogP contribution in [0.4, 0.5) is 0 Å². The molecule has 17 heavy (non-hydrogen) atoms. The molecule has 0 spiro atoms. The third kappa shape index (κ3) is 2.05. The van der Waals surface area contributed by atoms with Crippen LogP contribution in [0.5, 0.6) is 0 Å². The molecule has 0 radical (unpaired) electrons. The molecule has 96 valence electrons. The summed E-state index contributed by atoms with van der Waals surface area (Å²) in [4.78, 5) is 25.2. The lowest BCUT2D eigenvalue weighted by atomic mass is 9.81. The molecule has 2 atom stereocenters. The molecular weight excluding hydrogens is 218 g/mol. The highest BCUT2D eigenvalue weighted by Gasteiger charge is 2.55. The van der Waals surface area contributed by atoms with E-state index in [2.05, 4.69) is 0 Å². The normalized spacial score (nSPS) is 31.9. The molecule has 1 N–H and O–H groups in total. The van der Waals surface area contributed by atoms with Gasteiger partial charge < -0.3 is 10.0 Å². The molecule has 2 aliphatic rings. The van der Waals surface area contributed by atoms with Gasteiger partial charge in [0.05, 0.1) is 5.41 Å². The number of carboxylic acid groups (broad SMARTS) is 1. The lowest BCUT2D eigenvalue weighted by molar-refractivity contribution is -0.149. The third-order valence-electron chi connectivity index (χ3n) is 4.23. The Morgan fingerprint density at radius 2 is 2.18 bits per heavy atom. The molecule has 0 unspecified atom stereocenters. The van der Waals surface area contributed by atoms with Crippen LogP contribution in [0.1, 0.15) is 39.5 Å². The van der Waals surface area contributed by atoms with Crippen LogP contribution in [0, 0.1) is 17.3 Å². The van der Waals surface area contributed by atoms with E-state index in [0.29, 0.717) is 25.4 Å². The minimum Gasteiger partial charge on any atom is -0.481 e. The maximum absolute atomic E-state index is 12.0. The number of carboxylic acids is 1. The van der Waals surface area contributed by atoms with Crippen LogP contribution in [0.3, 0.4) is 0 Å². The van der Waals surface area contributed by atoms with Crippen LogP contribution >= 0.6 is 0 Å². The quantitative estimate of drug-likeness (QED) is 0.816. The van der Waals surface area contributed by atoms with Gasteiger partial charge in [-0.2, -0.15) is 0 Å². The predicted octanol–water partition coefficient (Wildman–Crippen LogP) is 1.75. The van der Waals surface area contributed by atoms with E-state index in [9.17, 15) is 14.7 Å². The van der Waals surface area contributed by atoms with Gasteiger partial charge in [0.1, 0.15) is 0 Å². The number of amides is 1. The fourth-order valence-electron chi connectivity index (χ4n) is 3.31. The summed E-state index contributed by atoms with van der Waals surface area (Å²) in [5, 5.41) is 9.42. The molecule has 0 bridgehead atoms. The van der Waals surface area contributed by atoms with Crippen molar-refractivity contribution in [2.45, 2.75) is 39.5 Å². The molecule has 1 saturated heterocycles. The summed E-state index contributed by atoms with van der Waals surface area (Å²) in [6.07, 6.45) is 3.21. The molecule has 4 heteroatoms. The molecule has 1 aliphatic carbocycles. The third-order valence-corrected chi connectivity index (χ3v) is 4.23. The standard InChI is InChI=1S/C13H21NO3/c1-9(2)6-11(15)14-7-10-4-3-5-13(10,8-14)12(16)17/h9-10H,3-8H2,1-2H3,(H,16,17)/t10-,13+/m0/s1. The summed E-state index contributed by atoms with van der Waals surface area (Å²) in [5.41, 5.74) is -0.632. The molecule has 0 aromatic carbocycles. The largest absolute Gasteiger partial charge is 0.481 e. The summed E-state index contributed by atoms with van der Waals surface area (Å²) >= 11 is 0. The van der Waals surface area contributed by atoms with Gasteiger partial charge >= 0.3 is 5.97 Å². The maximum Gasteiger partial charge on any atom is 0.311 e. The van der Waals surface area contributed by atoms with Crippen LogP contribution in [0.2, 0.25) is 0 Å². The van der Waals surface area contributed by atoms with E-state index in [0.717, 1.165) is 19.3 Å². The van der Waals surface area contributed by atoms with E-state index in [1.54, 1.807) is 4.90 Å². The number of fused-ring (bicyclic) bond motifs is 1. The highest BCUT2D eigenvalue weighted by Crippen LogP contribution is 2.49. The second kappa shape index (κ2) is 4.31. The Morgan fingerprint density at radius 1 is 1.47 bits per heavy atom. The molecule has 2 fully saturated rings. The second-order valence-corrected chi connectivity index (χ2v) is 5.92. The van der Waals surface area contributed by atoms with Crippen molar-refractivity contribution < 1.29 is 14.7 Å². The maximum atomic E-state index is 12.0. The van der Waals surface area contributed by atoms with Crippen LogP contribution < -0.4 is 0 Å². The van der Waals surface area contributed by atoms with Crippen molar-refractivity contribution in [3.8, 4) is 0 Å². The van der Waals surface area contributed by atoms with Crippen molar-refractivity contribution in [3.63, 3.8) is 0 Å². The molecule has 4 nitrogen and oxygen atoms in total. The zero-order valence-corrected chi connectivity index (χ0v) is 10.6. The van der Waals surface area contributed by atoms with Gasteiger partial charge in [-0.05, 0) is 24.7 Å².